The summed E-state index contributed by atoms with van der Waals surface area (Å²) in [7, 11) is 0. The fraction of sp³-hybridized carbons (Fsp3) is 0.154. The van der Waals surface area contributed by atoms with Crippen LogP contribution in [0.1, 0.15) is 21.7 Å². The fourth-order valence-electron chi connectivity index (χ4n) is 1.62. The number of carboxylic acid groups (broad SMARTS) is 1. The summed E-state index contributed by atoms with van der Waals surface area (Å²) < 4.78 is 6.16. The molecule has 18 heavy (non-hydrogen) atoms. The number of furan rings is 1. The Bertz CT molecular complexity index is 551. The van der Waals surface area contributed by atoms with Crippen LogP contribution in [0.15, 0.2) is 45.5 Å². The van der Waals surface area contributed by atoms with Gasteiger partial charge in [0.25, 0.3) is 0 Å². The number of benzene rings is 1. The lowest BCUT2D eigenvalue weighted by atomic mass is 10.2. The maximum Gasteiger partial charge on any atom is 0.339 e. The molecule has 0 saturated carbocycles. The lowest BCUT2D eigenvalue weighted by Crippen LogP contribution is -2.14. The second-order valence-corrected chi connectivity index (χ2v) is 4.61. The molecule has 0 atom stereocenters. The number of hydrogen-bond donors (Lipinski definition) is 2. The molecule has 0 bridgehead atoms. The number of hydrogen-bond acceptors (Lipinski definition) is 3. The Kier molecular flexibility index (Phi) is 4.17. The van der Waals surface area contributed by atoms with Gasteiger partial charge in [-0.2, -0.15) is 0 Å². The number of carboxylic acids is 1. The van der Waals surface area contributed by atoms with Gasteiger partial charge in [-0.15, -0.1) is 0 Å². The molecule has 5 heteroatoms. The Morgan fingerprint density at radius 2 is 2.06 bits per heavy atom. The summed E-state index contributed by atoms with van der Waals surface area (Å²) in [5.74, 6) is -0.531. The molecule has 2 N–H and O–H groups in total. The maximum absolute atomic E-state index is 10.9. The lowest BCUT2D eigenvalue weighted by molar-refractivity contribution is 0.0694. The van der Waals surface area contributed by atoms with Crippen molar-refractivity contribution in [1.82, 2.24) is 5.32 Å². The maximum atomic E-state index is 10.9. The molecule has 0 amide bonds. The van der Waals surface area contributed by atoms with Gasteiger partial charge in [0.15, 0.2) is 0 Å². The number of halogens is 1. The Hall–Kier alpha value is -1.59. The van der Waals surface area contributed by atoms with Gasteiger partial charge in [0.2, 0.25) is 0 Å². The zero-order valence-corrected chi connectivity index (χ0v) is 11.1. The van der Waals surface area contributed by atoms with Crippen molar-refractivity contribution in [3.63, 3.8) is 0 Å². The smallest absolute Gasteiger partial charge is 0.339 e. The summed E-state index contributed by atoms with van der Waals surface area (Å²) >= 11 is 3.46. The van der Waals surface area contributed by atoms with Crippen LogP contribution >= 0.6 is 15.9 Å². The first-order chi connectivity index (χ1) is 8.68. The van der Waals surface area contributed by atoms with Crippen LogP contribution < -0.4 is 5.32 Å². The van der Waals surface area contributed by atoms with Crippen LogP contribution in [0.3, 0.4) is 0 Å². The van der Waals surface area contributed by atoms with Crippen LogP contribution in [0.5, 0.6) is 0 Å². The van der Waals surface area contributed by atoms with E-state index in [1.54, 1.807) is 0 Å². The minimum Gasteiger partial charge on any atom is -0.478 e. The lowest BCUT2D eigenvalue weighted by Gasteiger charge is -2.05. The summed E-state index contributed by atoms with van der Waals surface area (Å²) in [6.45, 7) is 1.02. The van der Waals surface area contributed by atoms with Gasteiger partial charge in [-0.05, 0) is 17.7 Å². The van der Waals surface area contributed by atoms with Crippen molar-refractivity contribution in [3.05, 3.63) is 58.0 Å². The Morgan fingerprint density at radius 1 is 1.28 bits per heavy atom. The molecule has 0 aliphatic rings. The average Bonchev–Trinajstić information content (AvgIpc) is 2.80. The largest absolute Gasteiger partial charge is 0.478 e. The number of nitrogens with one attached hydrogen (secondary N) is 1. The molecule has 94 valence electrons. The van der Waals surface area contributed by atoms with Crippen molar-refractivity contribution in [2.75, 3.05) is 0 Å². The first-order valence-corrected chi connectivity index (χ1v) is 6.21. The van der Waals surface area contributed by atoms with Gasteiger partial charge in [-0.25, -0.2) is 4.79 Å². The molecule has 0 fully saturated rings. The minimum absolute atomic E-state index is 0.203. The Balaban J connectivity index is 1.95. The third-order valence-electron chi connectivity index (χ3n) is 2.53. The molecule has 0 aliphatic carbocycles. The fourth-order valence-corrected chi connectivity index (χ4v) is 2.05. The number of carbonyl (C=O) groups is 1. The van der Waals surface area contributed by atoms with Gasteiger partial charge in [-0.1, -0.05) is 34.1 Å². The summed E-state index contributed by atoms with van der Waals surface area (Å²) in [4.78, 5) is 10.9. The topological polar surface area (TPSA) is 62.5 Å². The SMILES string of the molecule is O=C(O)c1ccoc1CNCc1ccccc1Br. The molecule has 0 unspecified atom stereocenters. The first kappa shape index (κ1) is 12.9. The standard InChI is InChI=1S/C13H12BrNO3/c14-11-4-2-1-3-9(11)7-15-8-12-10(13(16)17)5-6-18-12/h1-6,15H,7-8H2,(H,16,17). The molecule has 0 aliphatic heterocycles. The van der Waals surface area contributed by atoms with Gasteiger partial charge in [0.1, 0.15) is 11.3 Å². The molecule has 4 nitrogen and oxygen atoms in total. The quantitative estimate of drug-likeness (QED) is 0.891. The first-order valence-electron chi connectivity index (χ1n) is 5.42. The van der Waals surface area contributed by atoms with E-state index in [2.05, 4.69) is 21.2 Å². The summed E-state index contributed by atoms with van der Waals surface area (Å²) in [5, 5.41) is 12.1. The van der Waals surface area contributed by atoms with Gasteiger partial charge in [-0.3, -0.25) is 0 Å². The normalized spacial score (nSPS) is 10.5. The number of rotatable bonds is 5. The van der Waals surface area contributed by atoms with Gasteiger partial charge in [0.05, 0.1) is 12.8 Å². The highest BCUT2D eigenvalue weighted by Gasteiger charge is 2.12. The van der Waals surface area contributed by atoms with E-state index in [4.69, 9.17) is 9.52 Å². The van der Waals surface area contributed by atoms with Gasteiger partial charge < -0.3 is 14.8 Å². The highest BCUT2D eigenvalue weighted by molar-refractivity contribution is 9.10. The van der Waals surface area contributed by atoms with Crippen molar-refractivity contribution in [2.24, 2.45) is 0 Å². The monoisotopic (exact) mass is 309 g/mol. The molecule has 1 heterocycles. The zero-order valence-electron chi connectivity index (χ0n) is 9.52. The van der Waals surface area contributed by atoms with Crippen molar-refractivity contribution in [1.29, 1.82) is 0 Å². The van der Waals surface area contributed by atoms with Crippen LogP contribution in [0.4, 0.5) is 0 Å². The molecular formula is C13H12BrNO3. The van der Waals surface area contributed by atoms with E-state index in [-0.39, 0.29) is 5.56 Å². The third-order valence-corrected chi connectivity index (χ3v) is 3.31. The highest BCUT2D eigenvalue weighted by atomic mass is 79.9. The predicted octanol–water partition coefficient (Wildman–Crippen LogP) is 3.03. The van der Waals surface area contributed by atoms with Crippen molar-refractivity contribution < 1.29 is 14.3 Å². The molecule has 0 radical (unpaired) electrons. The van der Waals surface area contributed by atoms with E-state index in [1.807, 2.05) is 24.3 Å². The van der Waals surface area contributed by atoms with Crippen LogP contribution in [0.2, 0.25) is 0 Å². The average molecular weight is 310 g/mol. The molecule has 0 spiro atoms. The van der Waals surface area contributed by atoms with E-state index in [1.165, 1.54) is 12.3 Å². The number of aromatic carboxylic acids is 1. The van der Waals surface area contributed by atoms with E-state index in [9.17, 15) is 4.79 Å². The van der Waals surface area contributed by atoms with Crippen molar-refractivity contribution in [2.45, 2.75) is 13.1 Å². The summed E-state index contributed by atoms with van der Waals surface area (Å²) in [6, 6.07) is 9.32. The second-order valence-electron chi connectivity index (χ2n) is 3.76. The summed E-state index contributed by atoms with van der Waals surface area (Å²) in [5.41, 5.74) is 1.32. The highest BCUT2D eigenvalue weighted by Crippen LogP contribution is 2.16. The molecular weight excluding hydrogens is 298 g/mol. The summed E-state index contributed by atoms with van der Waals surface area (Å²) in [6.07, 6.45) is 1.39. The van der Waals surface area contributed by atoms with Crippen LogP contribution in [0.25, 0.3) is 0 Å². The van der Waals surface area contributed by atoms with E-state index < -0.39 is 5.97 Å². The van der Waals surface area contributed by atoms with E-state index in [0.29, 0.717) is 18.8 Å². The van der Waals surface area contributed by atoms with E-state index >= 15 is 0 Å². The molecule has 1 aromatic heterocycles. The van der Waals surface area contributed by atoms with Crippen molar-refractivity contribution in [3.8, 4) is 0 Å². The predicted molar refractivity (Wildman–Crippen MR) is 70.4 cm³/mol. The van der Waals surface area contributed by atoms with Crippen LogP contribution in [0, 0.1) is 0 Å². The Morgan fingerprint density at radius 3 is 2.78 bits per heavy atom. The van der Waals surface area contributed by atoms with Crippen molar-refractivity contribution >= 4 is 21.9 Å². The second kappa shape index (κ2) is 5.84. The third kappa shape index (κ3) is 3.00. The van der Waals surface area contributed by atoms with Crippen LogP contribution in [-0.4, -0.2) is 11.1 Å². The molecule has 2 rings (SSSR count). The van der Waals surface area contributed by atoms with Gasteiger partial charge >= 0.3 is 5.97 Å². The van der Waals surface area contributed by atoms with Gasteiger partial charge in [0, 0.05) is 11.0 Å². The molecule has 1 aromatic carbocycles. The zero-order chi connectivity index (χ0) is 13.0. The van der Waals surface area contributed by atoms with E-state index in [0.717, 1.165) is 10.0 Å². The molecule has 0 saturated heterocycles. The Labute approximate surface area is 113 Å². The molecule has 2 aromatic rings. The van der Waals surface area contributed by atoms with Crippen LogP contribution in [-0.2, 0) is 13.1 Å². The minimum atomic E-state index is -0.971.